The van der Waals surface area contributed by atoms with E-state index in [2.05, 4.69) is 18.7 Å². The lowest BCUT2D eigenvalue weighted by Gasteiger charge is -2.38. The van der Waals surface area contributed by atoms with Crippen molar-refractivity contribution in [3.8, 4) is 0 Å². The topological polar surface area (TPSA) is 36.4 Å². The van der Waals surface area contributed by atoms with E-state index in [0.29, 0.717) is 11.3 Å². The number of thiazole rings is 1. The molecule has 1 saturated heterocycles. The predicted octanol–water partition coefficient (Wildman–Crippen LogP) is 3.53. The molecule has 1 N–H and O–H groups in total. The molecule has 3 rings (SSSR count). The highest BCUT2D eigenvalue weighted by Gasteiger charge is 2.33. The third kappa shape index (κ3) is 2.65. The molecule has 1 saturated carbocycles. The highest BCUT2D eigenvalue weighted by atomic mass is 32.1. The first-order valence-corrected chi connectivity index (χ1v) is 8.32. The molecule has 0 spiro atoms. The molecule has 0 radical (unpaired) electrons. The summed E-state index contributed by atoms with van der Waals surface area (Å²) >= 11 is 1.71. The molecule has 1 aromatic heterocycles. The zero-order valence-electron chi connectivity index (χ0n) is 12.0. The van der Waals surface area contributed by atoms with Gasteiger partial charge in [0.1, 0.15) is 0 Å². The Bertz CT molecular complexity index is 445. The molecular weight excluding hydrogens is 256 g/mol. The number of aromatic nitrogens is 1. The molecule has 106 valence electrons. The molecule has 0 atom stereocenters. The van der Waals surface area contributed by atoms with Crippen LogP contribution in [-0.4, -0.2) is 23.2 Å². The summed E-state index contributed by atoms with van der Waals surface area (Å²) in [6.07, 6.45) is 6.30. The summed E-state index contributed by atoms with van der Waals surface area (Å²) in [4.78, 5) is 8.35. The third-order valence-electron chi connectivity index (χ3n) is 4.92. The monoisotopic (exact) mass is 280 g/mol. The minimum Gasteiger partial charge on any atom is -0.391 e. The third-order valence-corrected chi connectivity index (χ3v) is 6.04. The Morgan fingerprint density at radius 1 is 1.37 bits per heavy atom. The van der Waals surface area contributed by atoms with Gasteiger partial charge in [0, 0.05) is 19.0 Å². The van der Waals surface area contributed by atoms with Crippen molar-refractivity contribution >= 4 is 16.5 Å². The van der Waals surface area contributed by atoms with Gasteiger partial charge in [-0.1, -0.05) is 31.6 Å². The van der Waals surface area contributed by atoms with Crippen LogP contribution in [0.4, 0.5) is 5.13 Å². The van der Waals surface area contributed by atoms with E-state index in [1.54, 1.807) is 11.3 Å². The van der Waals surface area contributed by atoms with Gasteiger partial charge in [0.2, 0.25) is 0 Å². The summed E-state index contributed by atoms with van der Waals surface area (Å²) in [5, 5.41) is 10.6. The lowest BCUT2D eigenvalue weighted by Crippen LogP contribution is -2.38. The Morgan fingerprint density at radius 2 is 2.05 bits per heavy atom. The van der Waals surface area contributed by atoms with Gasteiger partial charge in [-0.2, -0.15) is 0 Å². The molecule has 0 amide bonds. The van der Waals surface area contributed by atoms with Crippen molar-refractivity contribution in [1.82, 2.24) is 4.98 Å². The van der Waals surface area contributed by atoms with Crippen molar-refractivity contribution < 1.29 is 5.11 Å². The molecule has 2 heterocycles. The van der Waals surface area contributed by atoms with Gasteiger partial charge < -0.3 is 10.0 Å². The second-order valence-electron chi connectivity index (χ2n) is 6.39. The van der Waals surface area contributed by atoms with E-state index in [4.69, 9.17) is 4.98 Å². The summed E-state index contributed by atoms with van der Waals surface area (Å²) < 4.78 is 0. The molecule has 0 bridgehead atoms. The van der Waals surface area contributed by atoms with E-state index in [9.17, 15) is 5.11 Å². The van der Waals surface area contributed by atoms with Crippen LogP contribution in [0, 0.1) is 5.41 Å². The van der Waals surface area contributed by atoms with Crippen molar-refractivity contribution in [2.75, 3.05) is 18.0 Å². The van der Waals surface area contributed by atoms with Crippen molar-refractivity contribution in [3.63, 3.8) is 0 Å². The van der Waals surface area contributed by atoms with Gasteiger partial charge in [-0.15, -0.1) is 0 Å². The maximum Gasteiger partial charge on any atom is 0.185 e. The second-order valence-corrected chi connectivity index (χ2v) is 7.45. The molecule has 2 aliphatic rings. The normalized spacial score (nSPS) is 22.8. The van der Waals surface area contributed by atoms with Crippen LogP contribution in [0.2, 0.25) is 0 Å². The Morgan fingerprint density at radius 3 is 2.58 bits per heavy atom. The maximum absolute atomic E-state index is 9.48. The number of piperidine rings is 1. The van der Waals surface area contributed by atoms with Gasteiger partial charge in [-0.25, -0.2) is 4.98 Å². The zero-order valence-corrected chi connectivity index (χ0v) is 12.8. The maximum atomic E-state index is 9.48. The van der Waals surface area contributed by atoms with Gasteiger partial charge >= 0.3 is 0 Å². The molecule has 3 nitrogen and oxygen atoms in total. The van der Waals surface area contributed by atoms with E-state index in [1.165, 1.54) is 37.8 Å². The second kappa shape index (κ2) is 5.06. The molecule has 0 aromatic carbocycles. The van der Waals surface area contributed by atoms with Gasteiger partial charge in [0.05, 0.1) is 17.2 Å². The van der Waals surface area contributed by atoms with Gasteiger partial charge in [-0.3, -0.25) is 0 Å². The van der Waals surface area contributed by atoms with Crippen LogP contribution in [0.3, 0.4) is 0 Å². The van der Waals surface area contributed by atoms with E-state index in [-0.39, 0.29) is 6.61 Å². The average molecular weight is 280 g/mol. The lowest BCUT2D eigenvalue weighted by molar-refractivity contribution is 0.238. The van der Waals surface area contributed by atoms with Crippen molar-refractivity contribution in [1.29, 1.82) is 0 Å². The Balaban J connectivity index is 1.73. The standard InChI is InChI=1S/C15H24N2OS/c1-3-15(2)6-8-17(9-7-15)14-16-13(11-4-5-11)12(10-18)19-14/h11,18H,3-10H2,1-2H3. The molecule has 1 aliphatic heterocycles. The molecule has 2 fully saturated rings. The molecule has 1 aliphatic carbocycles. The average Bonchev–Trinajstić information content (AvgIpc) is 3.19. The SMILES string of the molecule is CCC1(C)CCN(c2nc(C3CC3)c(CO)s2)CC1. The van der Waals surface area contributed by atoms with E-state index >= 15 is 0 Å². The first kappa shape index (κ1) is 13.4. The van der Waals surface area contributed by atoms with Crippen molar-refractivity contribution in [2.24, 2.45) is 5.41 Å². The highest BCUT2D eigenvalue weighted by molar-refractivity contribution is 7.15. The number of aliphatic hydroxyl groups excluding tert-OH is 1. The summed E-state index contributed by atoms with van der Waals surface area (Å²) in [6, 6.07) is 0. The number of aliphatic hydroxyl groups is 1. The van der Waals surface area contributed by atoms with Crippen LogP contribution in [-0.2, 0) is 6.61 Å². The smallest absolute Gasteiger partial charge is 0.185 e. The van der Waals surface area contributed by atoms with Crippen LogP contribution in [0.15, 0.2) is 0 Å². The van der Waals surface area contributed by atoms with Crippen LogP contribution in [0.5, 0.6) is 0 Å². The molecule has 1 aromatic rings. The fraction of sp³-hybridized carbons (Fsp3) is 0.800. The predicted molar refractivity (Wildman–Crippen MR) is 79.9 cm³/mol. The van der Waals surface area contributed by atoms with Crippen LogP contribution in [0.1, 0.15) is 62.4 Å². The first-order valence-electron chi connectivity index (χ1n) is 7.50. The zero-order chi connectivity index (χ0) is 13.5. The molecule has 19 heavy (non-hydrogen) atoms. The Kier molecular flexibility index (Phi) is 3.56. The Labute approximate surface area is 119 Å². The quantitative estimate of drug-likeness (QED) is 0.916. The number of nitrogens with zero attached hydrogens (tertiary/aromatic N) is 2. The molecular formula is C15H24N2OS. The van der Waals surface area contributed by atoms with Gasteiger partial charge in [0.25, 0.3) is 0 Å². The number of hydrogen-bond donors (Lipinski definition) is 1. The van der Waals surface area contributed by atoms with E-state index in [0.717, 1.165) is 23.1 Å². The number of hydrogen-bond acceptors (Lipinski definition) is 4. The number of rotatable bonds is 4. The fourth-order valence-corrected chi connectivity index (χ4v) is 3.92. The van der Waals surface area contributed by atoms with Crippen LogP contribution < -0.4 is 4.90 Å². The summed E-state index contributed by atoms with van der Waals surface area (Å²) in [5.41, 5.74) is 1.71. The van der Waals surface area contributed by atoms with E-state index in [1.807, 2.05) is 0 Å². The summed E-state index contributed by atoms with van der Waals surface area (Å²) in [6.45, 7) is 7.10. The first-order chi connectivity index (χ1) is 9.15. The summed E-state index contributed by atoms with van der Waals surface area (Å²) in [7, 11) is 0. The van der Waals surface area contributed by atoms with Gasteiger partial charge in [0.15, 0.2) is 5.13 Å². The Hall–Kier alpha value is -0.610. The van der Waals surface area contributed by atoms with Crippen molar-refractivity contribution in [3.05, 3.63) is 10.6 Å². The highest BCUT2D eigenvalue weighted by Crippen LogP contribution is 2.45. The minimum atomic E-state index is 0.157. The lowest BCUT2D eigenvalue weighted by atomic mass is 9.78. The van der Waals surface area contributed by atoms with Gasteiger partial charge in [-0.05, 0) is 31.1 Å². The molecule has 4 heteroatoms. The van der Waals surface area contributed by atoms with Crippen LogP contribution in [0.25, 0.3) is 0 Å². The van der Waals surface area contributed by atoms with E-state index < -0.39 is 0 Å². The van der Waals surface area contributed by atoms with Crippen molar-refractivity contribution in [2.45, 2.75) is 58.5 Å². The largest absolute Gasteiger partial charge is 0.391 e. The minimum absolute atomic E-state index is 0.157. The summed E-state index contributed by atoms with van der Waals surface area (Å²) in [5.74, 6) is 0.637. The number of anilines is 1. The van der Waals surface area contributed by atoms with Crippen LogP contribution >= 0.6 is 11.3 Å². The fourth-order valence-electron chi connectivity index (χ4n) is 2.87. The molecule has 0 unspecified atom stereocenters.